The van der Waals surface area contributed by atoms with E-state index >= 15 is 0 Å². The highest BCUT2D eigenvalue weighted by Crippen LogP contribution is 2.32. The van der Waals surface area contributed by atoms with Gasteiger partial charge in [0, 0.05) is 21.4 Å². The fourth-order valence-electron chi connectivity index (χ4n) is 2.95. The fourth-order valence-corrected chi connectivity index (χ4v) is 3.93. The predicted molar refractivity (Wildman–Crippen MR) is 124 cm³/mol. The second kappa shape index (κ2) is 9.59. The molecule has 0 saturated carbocycles. The Morgan fingerprint density at radius 2 is 1.94 bits per heavy atom. The van der Waals surface area contributed by atoms with Gasteiger partial charge >= 0.3 is 0 Å². The number of aromatic nitrogens is 3. The van der Waals surface area contributed by atoms with Crippen molar-refractivity contribution in [1.82, 2.24) is 20.7 Å². The summed E-state index contributed by atoms with van der Waals surface area (Å²) in [5.74, 6) is -0.263. The molecular weight excluding hydrogens is 408 g/mol. The third-order valence-electron chi connectivity index (χ3n) is 4.41. The Morgan fingerprint density at radius 1 is 1.10 bits per heavy atom. The molecule has 156 valence electrons. The molecule has 7 heteroatoms. The van der Waals surface area contributed by atoms with E-state index < -0.39 is 0 Å². The molecule has 0 aliphatic carbocycles. The zero-order chi connectivity index (χ0) is 21.6. The molecule has 4 rings (SSSR count). The second-order valence-electron chi connectivity index (χ2n) is 7.10. The Hall–Kier alpha value is -3.42. The lowest BCUT2D eigenvalue weighted by Crippen LogP contribution is -2.27. The van der Waals surface area contributed by atoms with Gasteiger partial charge in [-0.15, -0.1) is 0 Å². The first kappa shape index (κ1) is 20.8. The highest BCUT2D eigenvalue weighted by molar-refractivity contribution is 7.99. The molecule has 0 bridgehead atoms. The third-order valence-corrected chi connectivity index (χ3v) is 5.48. The molecule has 0 atom stereocenters. The smallest absolute Gasteiger partial charge is 0.275 e. The van der Waals surface area contributed by atoms with Crippen LogP contribution < -0.4 is 5.48 Å². The number of nitrogens with one attached hydrogen (secondary N) is 2. The highest BCUT2D eigenvalue weighted by atomic mass is 32.2. The number of H-pyrrole nitrogens is 1. The molecule has 0 aliphatic rings. The number of carbonyl (C=O) groups excluding carboxylic acids is 1. The van der Waals surface area contributed by atoms with Crippen LogP contribution in [0.25, 0.3) is 23.1 Å². The van der Waals surface area contributed by atoms with Crippen LogP contribution in [0, 0.1) is 0 Å². The van der Waals surface area contributed by atoms with E-state index in [0.29, 0.717) is 5.56 Å². The Balaban J connectivity index is 1.54. The average molecular weight is 431 g/mol. The van der Waals surface area contributed by atoms with Crippen molar-refractivity contribution >= 4 is 40.7 Å². The molecule has 0 radical (unpaired) electrons. The zero-order valence-electron chi connectivity index (χ0n) is 17.2. The van der Waals surface area contributed by atoms with Gasteiger partial charge in [-0.2, -0.15) is 5.10 Å². The molecule has 4 aromatic rings. The van der Waals surface area contributed by atoms with Crippen molar-refractivity contribution < 1.29 is 9.63 Å². The molecule has 6 nitrogen and oxygen atoms in total. The molecule has 1 amide bonds. The maximum absolute atomic E-state index is 12.5. The highest BCUT2D eigenvalue weighted by Gasteiger charge is 2.13. The number of carbonyl (C=O) groups is 1. The molecule has 2 N–H and O–H groups in total. The van der Waals surface area contributed by atoms with Crippen molar-refractivity contribution in [2.45, 2.75) is 29.7 Å². The number of hydrogen-bond donors (Lipinski definition) is 2. The topological polar surface area (TPSA) is 79.9 Å². The van der Waals surface area contributed by atoms with Gasteiger partial charge in [0.2, 0.25) is 0 Å². The Bertz CT molecular complexity index is 1220. The maximum Gasteiger partial charge on any atom is 0.275 e. The van der Waals surface area contributed by atoms with Gasteiger partial charge in [-0.25, -0.2) is 5.48 Å². The van der Waals surface area contributed by atoms with Crippen molar-refractivity contribution in [1.29, 1.82) is 0 Å². The molecule has 0 fully saturated rings. The fraction of sp³-hybridized carbons (Fsp3) is 0.125. The van der Waals surface area contributed by atoms with Gasteiger partial charge in [-0.1, -0.05) is 30.0 Å². The SMILES string of the molecule is CC(C)ONC(=O)c1ccccc1Sc1ccc2c(/C=C/c3ccccn3)n[nH]c2c1. The minimum Gasteiger partial charge on any atom is -0.277 e. The summed E-state index contributed by atoms with van der Waals surface area (Å²) >= 11 is 1.52. The van der Waals surface area contributed by atoms with E-state index in [0.717, 1.165) is 32.1 Å². The number of nitrogens with zero attached hydrogens (tertiary/aromatic N) is 2. The van der Waals surface area contributed by atoms with Crippen LogP contribution >= 0.6 is 11.8 Å². The van der Waals surface area contributed by atoms with E-state index in [4.69, 9.17) is 4.84 Å². The summed E-state index contributed by atoms with van der Waals surface area (Å²) in [7, 11) is 0. The molecular formula is C24H22N4O2S. The van der Waals surface area contributed by atoms with Crippen molar-refractivity contribution in [3.05, 3.63) is 83.8 Å². The lowest BCUT2D eigenvalue weighted by molar-refractivity contribution is -0.00000429. The van der Waals surface area contributed by atoms with Crippen LogP contribution in [0.1, 0.15) is 35.6 Å². The molecule has 0 spiro atoms. The summed E-state index contributed by atoms with van der Waals surface area (Å²) in [5.41, 5.74) is 5.72. The molecule has 31 heavy (non-hydrogen) atoms. The first-order chi connectivity index (χ1) is 15.1. The summed E-state index contributed by atoms with van der Waals surface area (Å²) < 4.78 is 0. The van der Waals surface area contributed by atoms with E-state index in [1.165, 1.54) is 11.8 Å². The van der Waals surface area contributed by atoms with Gasteiger partial charge in [-0.3, -0.25) is 19.7 Å². The first-order valence-electron chi connectivity index (χ1n) is 9.90. The van der Waals surface area contributed by atoms with Crippen molar-refractivity contribution in [2.24, 2.45) is 0 Å². The second-order valence-corrected chi connectivity index (χ2v) is 8.22. The van der Waals surface area contributed by atoms with Gasteiger partial charge in [-0.05, 0) is 68.5 Å². The summed E-state index contributed by atoms with van der Waals surface area (Å²) in [6.45, 7) is 3.72. The van der Waals surface area contributed by atoms with Gasteiger partial charge in [0.05, 0.1) is 28.6 Å². The van der Waals surface area contributed by atoms with E-state index in [-0.39, 0.29) is 12.0 Å². The van der Waals surface area contributed by atoms with Crippen molar-refractivity contribution in [3.8, 4) is 0 Å². The molecule has 2 aromatic heterocycles. The lowest BCUT2D eigenvalue weighted by atomic mass is 10.2. The summed E-state index contributed by atoms with van der Waals surface area (Å²) in [4.78, 5) is 23.9. The Labute approximate surface area is 184 Å². The Morgan fingerprint density at radius 3 is 2.74 bits per heavy atom. The first-order valence-corrected chi connectivity index (χ1v) is 10.7. The number of aromatic amines is 1. The van der Waals surface area contributed by atoms with Gasteiger partial charge in [0.1, 0.15) is 0 Å². The van der Waals surface area contributed by atoms with Crippen LogP contribution in [0.2, 0.25) is 0 Å². The largest absolute Gasteiger partial charge is 0.277 e. The average Bonchev–Trinajstić information content (AvgIpc) is 3.19. The number of fused-ring (bicyclic) bond motifs is 1. The molecule has 2 heterocycles. The summed E-state index contributed by atoms with van der Waals surface area (Å²) in [5, 5.41) is 8.52. The zero-order valence-corrected chi connectivity index (χ0v) is 18.0. The van der Waals surface area contributed by atoms with E-state index in [9.17, 15) is 4.79 Å². The van der Waals surface area contributed by atoms with Gasteiger partial charge < -0.3 is 0 Å². The van der Waals surface area contributed by atoms with Crippen molar-refractivity contribution in [3.63, 3.8) is 0 Å². The van der Waals surface area contributed by atoms with Gasteiger partial charge in [0.25, 0.3) is 5.91 Å². The number of pyridine rings is 1. The van der Waals surface area contributed by atoms with Crippen LogP contribution in [0.5, 0.6) is 0 Å². The lowest BCUT2D eigenvalue weighted by Gasteiger charge is -2.11. The predicted octanol–water partition coefficient (Wildman–Crippen LogP) is 5.35. The van der Waals surface area contributed by atoms with Crippen LogP contribution in [0.4, 0.5) is 0 Å². The molecule has 0 aliphatic heterocycles. The normalized spacial score (nSPS) is 11.5. The summed E-state index contributed by atoms with van der Waals surface area (Å²) in [6, 6.07) is 19.3. The number of hydroxylamine groups is 1. The number of rotatable bonds is 7. The van der Waals surface area contributed by atoms with E-state index in [1.807, 2.05) is 80.6 Å². The molecule has 2 aromatic carbocycles. The monoisotopic (exact) mass is 430 g/mol. The van der Waals surface area contributed by atoms with Crippen LogP contribution in [0.3, 0.4) is 0 Å². The minimum atomic E-state index is -0.263. The number of benzene rings is 2. The number of hydrogen-bond acceptors (Lipinski definition) is 5. The number of amides is 1. The third kappa shape index (κ3) is 5.20. The van der Waals surface area contributed by atoms with Crippen LogP contribution in [0.15, 0.2) is 76.7 Å². The maximum atomic E-state index is 12.5. The van der Waals surface area contributed by atoms with Gasteiger partial charge in [0.15, 0.2) is 0 Å². The molecule has 0 unspecified atom stereocenters. The van der Waals surface area contributed by atoms with E-state index in [1.54, 1.807) is 12.3 Å². The van der Waals surface area contributed by atoms with E-state index in [2.05, 4.69) is 20.7 Å². The molecule has 0 saturated heterocycles. The van der Waals surface area contributed by atoms with Crippen molar-refractivity contribution in [2.75, 3.05) is 0 Å². The Kier molecular flexibility index (Phi) is 6.45. The standard InChI is InChI=1S/C24H22N4O2S/c1-16(2)30-28-24(29)20-8-3-4-9-23(20)31-18-11-12-19-21(26-27-22(19)15-18)13-10-17-7-5-6-14-25-17/h3-16H,1-2H3,(H,26,27)(H,28,29)/b13-10+. The summed E-state index contributed by atoms with van der Waals surface area (Å²) in [6.07, 6.45) is 5.56. The van der Waals surface area contributed by atoms with Crippen LogP contribution in [-0.4, -0.2) is 27.2 Å². The minimum absolute atomic E-state index is 0.0903. The quantitative estimate of drug-likeness (QED) is 0.386. The van der Waals surface area contributed by atoms with Crippen LogP contribution in [-0.2, 0) is 4.84 Å².